The van der Waals surface area contributed by atoms with Crippen molar-refractivity contribution < 1.29 is 14.4 Å². The molecule has 0 atom stereocenters. The highest BCUT2D eigenvalue weighted by atomic mass is 35.5. The molecule has 4 rings (SSSR count). The van der Waals surface area contributed by atoms with Crippen LogP contribution in [-0.4, -0.2) is 36.2 Å². The second kappa shape index (κ2) is 12.0. The first-order valence-electron chi connectivity index (χ1n) is 11.5. The summed E-state index contributed by atoms with van der Waals surface area (Å²) in [5.41, 5.74) is 3.12. The molecule has 3 aromatic rings. The van der Waals surface area contributed by atoms with E-state index in [1.165, 1.54) is 11.3 Å². The number of rotatable bonds is 10. The van der Waals surface area contributed by atoms with Gasteiger partial charge in [-0.3, -0.25) is 19.8 Å². The molecule has 0 fully saturated rings. The first-order valence-corrected chi connectivity index (χ1v) is 12.7. The van der Waals surface area contributed by atoms with Gasteiger partial charge in [0.2, 0.25) is 6.41 Å². The quantitative estimate of drug-likeness (QED) is 0.176. The maximum Gasteiger partial charge on any atom is 0.324 e. The van der Waals surface area contributed by atoms with Crippen LogP contribution in [0.2, 0.25) is 5.02 Å². The normalized spacial score (nSPS) is 13.1. The van der Waals surface area contributed by atoms with E-state index in [0.717, 1.165) is 54.9 Å². The Labute approximate surface area is 213 Å². The van der Waals surface area contributed by atoms with Gasteiger partial charge in [0, 0.05) is 40.7 Å². The van der Waals surface area contributed by atoms with Gasteiger partial charge in [-0.05, 0) is 55.6 Å². The monoisotopic (exact) mass is 510 g/mol. The zero-order chi connectivity index (χ0) is 24.6. The summed E-state index contributed by atoms with van der Waals surface area (Å²) in [7, 11) is 0. The molecule has 182 valence electrons. The number of urea groups is 1. The molecule has 7 nitrogen and oxygen atoms in total. The molecule has 3 amide bonds. The molecule has 0 saturated carbocycles. The summed E-state index contributed by atoms with van der Waals surface area (Å²) in [4.78, 5) is 39.5. The van der Waals surface area contributed by atoms with Crippen molar-refractivity contribution in [2.75, 3.05) is 29.0 Å². The molecule has 1 aliphatic heterocycles. The lowest BCUT2D eigenvalue weighted by atomic mass is 10.0. The molecule has 2 heterocycles. The highest BCUT2D eigenvalue weighted by molar-refractivity contribution is 7.17. The van der Waals surface area contributed by atoms with Crippen LogP contribution < -0.4 is 16.0 Å². The van der Waals surface area contributed by atoms with E-state index in [1.54, 1.807) is 24.3 Å². The number of carbonyl (C=O) groups excluding carboxylic acids is 3. The Balaban J connectivity index is 1.32. The molecule has 0 aliphatic carbocycles. The molecule has 2 aromatic carbocycles. The van der Waals surface area contributed by atoms with Crippen LogP contribution in [0.4, 0.5) is 21.2 Å². The number of fused-ring (bicyclic) bond motifs is 1. The summed E-state index contributed by atoms with van der Waals surface area (Å²) < 4.78 is 0. The lowest BCUT2D eigenvalue weighted by Gasteiger charge is -2.27. The van der Waals surface area contributed by atoms with Crippen molar-refractivity contribution in [3.05, 3.63) is 75.6 Å². The fourth-order valence-corrected chi connectivity index (χ4v) is 5.51. The minimum atomic E-state index is -0.389. The smallest absolute Gasteiger partial charge is 0.324 e. The van der Waals surface area contributed by atoms with Crippen molar-refractivity contribution in [2.24, 2.45) is 0 Å². The number of nitrogens with one attached hydrogen (secondary N) is 3. The molecule has 1 aliphatic rings. The number of amides is 3. The van der Waals surface area contributed by atoms with E-state index in [2.05, 4.69) is 20.9 Å². The van der Waals surface area contributed by atoms with Gasteiger partial charge in [-0.15, -0.1) is 11.3 Å². The van der Waals surface area contributed by atoms with Gasteiger partial charge in [0.15, 0.2) is 5.78 Å². The van der Waals surface area contributed by atoms with E-state index in [0.29, 0.717) is 34.2 Å². The number of nitrogens with zero attached hydrogens (tertiary/aromatic N) is 1. The van der Waals surface area contributed by atoms with Crippen LogP contribution in [0.3, 0.4) is 0 Å². The standard InChI is InChI=1S/C26H27ClN4O3S/c27-19-9-11-20(12-10-19)29-26(34)30-25-24(28-17-32)21-13-15-31(16-23(21)35-25)14-5-4-8-22(33)18-6-2-1-3-7-18/h1-3,6-7,9-12,17H,4-5,8,13-16H2,(H,28,32)(H2,29,30,34). The van der Waals surface area contributed by atoms with Crippen LogP contribution in [0.25, 0.3) is 0 Å². The highest BCUT2D eigenvalue weighted by Crippen LogP contribution is 2.41. The zero-order valence-electron chi connectivity index (χ0n) is 19.2. The Morgan fingerprint density at radius 3 is 2.54 bits per heavy atom. The maximum absolute atomic E-state index is 12.5. The molecular weight excluding hydrogens is 484 g/mol. The van der Waals surface area contributed by atoms with E-state index in [4.69, 9.17) is 11.6 Å². The Kier molecular flexibility index (Phi) is 8.52. The van der Waals surface area contributed by atoms with E-state index in [1.807, 2.05) is 30.3 Å². The fourth-order valence-electron chi connectivity index (χ4n) is 4.13. The van der Waals surface area contributed by atoms with E-state index in [-0.39, 0.29) is 11.8 Å². The average molecular weight is 511 g/mol. The molecule has 0 unspecified atom stereocenters. The van der Waals surface area contributed by atoms with Crippen molar-refractivity contribution in [2.45, 2.75) is 32.2 Å². The van der Waals surface area contributed by atoms with Crippen molar-refractivity contribution in [3.63, 3.8) is 0 Å². The second-order valence-corrected chi connectivity index (χ2v) is 9.87. The second-order valence-electron chi connectivity index (χ2n) is 8.33. The first-order chi connectivity index (χ1) is 17.0. The first kappa shape index (κ1) is 24.9. The molecule has 3 N–H and O–H groups in total. The number of Topliss-reactive ketones (excluding diaryl/α,β-unsaturated/α-hetero) is 1. The van der Waals surface area contributed by atoms with Crippen LogP contribution in [0.5, 0.6) is 0 Å². The summed E-state index contributed by atoms with van der Waals surface area (Å²) in [5, 5.41) is 9.62. The number of thiophene rings is 1. The predicted octanol–water partition coefficient (Wildman–Crippen LogP) is 6.03. The topological polar surface area (TPSA) is 90.5 Å². The Morgan fingerprint density at radius 2 is 1.80 bits per heavy atom. The van der Waals surface area contributed by atoms with Crippen molar-refractivity contribution in [1.82, 2.24) is 4.90 Å². The number of unbranched alkanes of at least 4 members (excludes halogenated alkanes) is 1. The van der Waals surface area contributed by atoms with E-state index in [9.17, 15) is 14.4 Å². The fraction of sp³-hybridized carbons (Fsp3) is 0.269. The SMILES string of the molecule is O=CNc1c(NC(=O)Nc2ccc(Cl)cc2)sc2c1CCN(CCCCC(=O)c1ccccc1)C2. The van der Waals surface area contributed by atoms with Crippen molar-refractivity contribution in [3.8, 4) is 0 Å². The molecule has 35 heavy (non-hydrogen) atoms. The molecular formula is C26H27ClN4O3S. The summed E-state index contributed by atoms with van der Waals surface area (Å²) in [6.45, 7) is 2.51. The summed E-state index contributed by atoms with van der Waals surface area (Å²) in [6.07, 6.45) is 3.75. The maximum atomic E-state index is 12.5. The lowest BCUT2D eigenvalue weighted by molar-refractivity contribution is -0.105. The third kappa shape index (κ3) is 6.69. The molecule has 0 spiro atoms. The minimum Gasteiger partial charge on any atom is -0.326 e. The summed E-state index contributed by atoms with van der Waals surface area (Å²) in [6, 6.07) is 15.9. The van der Waals surface area contributed by atoms with Crippen LogP contribution in [0.1, 0.15) is 40.1 Å². The number of halogens is 1. The van der Waals surface area contributed by atoms with Gasteiger partial charge in [0.1, 0.15) is 5.00 Å². The Morgan fingerprint density at radius 1 is 1.03 bits per heavy atom. The Hall–Kier alpha value is -3.20. The van der Waals surface area contributed by atoms with Crippen LogP contribution in [0.15, 0.2) is 54.6 Å². The van der Waals surface area contributed by atoms with Crippen LogP contribution >= 0.6 is 22.9 Å². The Bertz CT molecular complexity index is 1180. The number of ketones is 1. The molecule has 9 heteroatoms. The number of hydrogen-bond donors (Lipinski definition) is 3. The number of benzene rings is 2. The van der Waals surface area contributed by atoms with Gasteiger partial charge in [-0.25, -0.2) is 4.79 Å². The summed E-state index contributed by atoms with van der Waals surface area (Å²) >= 11 is 7.37. The van der Waals surface area contributed by atoms with Gasteiger partial charge in [0.05, 0.1) is 5.69 Å². The third-order valence-electron chi connectivity index (χ3n) is 5.89. The summed E-state index contributed by atoms with van der Waals surface area (Å²) in [5.74, 6) is 0.182. The van der Waals surface area contributed by atoms with E-state index < -0.39 is 0 Å². The largest absolute Gasteiger partial charge is 0.326 e. The zero-order valence-corrected chi connectivity index (χ0v) is 20.8. The molecule has 0 radical (unpaired) electrons. The van der Waals surface area contributed by atoms with E-state index >= 15 is 0 Å². The van der Waals surface area contributed by atoms with Crippen LogP contribution in [0, 0.1) is 0 Å². The number of carbonyl (C=O) groups is 3. The number of anilines is 3. The van der Waals surface area contributed by atoms with Gasteiger partial charge < -0.3 is 10.6 Å². The number of hydrogen-bond acceptors (Lipinski definition) is 5. The van der Waals surface area contributed by atoms with Crippen molar-refractivity contribution >= 4 is 57.5 Å². The van der Waals surface area contributed by atoms with Crippen molar-refractivity contribution in [1.29, 1.82) is 0 Å². The van der Waals surface area contributed by atoms with Gasteiger partial charge >= 0.3 is 6.03 Å². The van der Waals surface area contributed by atoms with Gasteiger partial charge in [0.25, 0.3) is 0 Å². The average Bonchev–Trinajstić information content (AvgIpc) is 3.19. The molecule has 0 bridgehead atoms. The van der Waals surface area contributed by atoms with Gasteiger partial charge in [-0.2, -0.15) is 0 Å². The lowest BCUT2D eigenvalue weighted by Crippen LogP contribution is -2.30. The minimum absolute atomic E-state index is 0.182. The third-order valence-corrected chi connectivity index (χ3v) is 7.28. The predicted molar refractivity (Wildman–Crippen MR) is 142 cm³/mol. The van der Waals surface area contributed by atoms with Gasteiger partial charge in [-0.1, -0.05) is 41.9 Å². The molecule has 1 aromatic heterocycles. The highest BCUT2D eigenvalue weighted by Gasteiger charge is 2.25. The van der Waals surface area contributed by atoms with Crippen LogP contribution in [-0.2, 0) is 17.8 Å². The molecule has 0 saturated heterocycles.